The zero-order valence-corrected chi connectivity index (χ0v) is 17.0. The van der Waals surface area contributed by atoms with Crippen LogP contribution in [0.3, 0.4) is 0 Å². The topological polar surface area (TPSA) is 83.5 Å². The second kappa shape index (κ2) is 8.21. The van der Waals surface area contributed by atoms with Crippen molar-refractivity contribution in [2.75, 3.05) is 0 Å². The molecule has 4 rings (SSSR count). The standard InChI is InChI=1S/C26H19NO4/c1-16-10-21(31-25-13-20(28)8-9-23(16)25)14-22-12-19(11-17(2)30-22)24(15-27)26(29)18-6-4-3-5-7-18/h3-14,29H,1-2H3/b22-14-,26-24-. The van der Waals surface area contributed by atoms with Crippen LogP contribution in [-0.4, -0.2) is 5.11 Å². The summed E-state index contributed by atoms with van der Waals surface area (Å²) in [4.78, 5) is 11.7. The zero-order chi connectivity index (χ0) is 22.0. The van der Waals surface area contributed by atoms with E-state index in [9.17, 15) is 15.2 Å². The lowest BCUT2D eigenvalue weighted by Gasteiger charge is -2.16. The van der Waals surface area contributed by atoms with E-state index >= 15 is 0 Å². The molecule has 5 nitrogen and oxygen atoms in total. The minimum absolute atomic E-state index is 0.103. The van der Waals surface area contributed by atoms with Crippen molar-refractivity contribution in [1.82, 2.24) is 0 Å². The zero-order valence-electron chi connectivity index (χ0n) is 17.0. The van der Waals surface area contributed by atoms with Gasteiger partial charge < -0.3 is 14.3 Å². The second-order valence-electron chi connectivity index (χ2n) is 7.19. The Balaban J connectivity index is 1.79. The van der Waals surface area contributed by atoms with Crippen molar-refractivity contribution >= 4 is 11.8 Å². The van der Waals surface area contributed by atoms with Crippen LogP contribution < -0.4 is 5.43 Å². The Morgan fingerprint density at radius 3 is 2.58 bits per heavy atom. The van der Waals surface area contributed by atoms with Gasteiger partial charge in [-0.25, -0.2) is 0 Å². The summed E-state index contributed by atoms with van der Waals surface area (Å²) in [5, 5.41) is 20.4. The van der Waals surface area contributed by atoms with Crippen LogP contribution in [0.1, 0.15) is 23.8 Å². The molecule has 5 heteroatoms. The number of rotatable bonds is 3. The number of hydrogen-bond donors (Lipinski definition) is 1. The van der Waals surface area contributed by atoms with Crippen LogP contribution in [0.2, 0.25) is 0 Å². The van der Waals surface area contributed by atoms with Gasteiger partial charge in [0.25, 0.3) is 0 Å². The van der Waals surface area contributed by atoms with Crippen molar-refractivity contribution in [3.8, 4) is 17.4 Å². The van der Waals surface area contributed by atoms with Gasteiger partial charge in [-0.15, -0.1) is 0 Å². The van der Waals surface area contributed by atoms with E-state index in [1.807, 2.05) is 19.1 Å². The largest absolute Gasteiger partial charge is 0.506 e. The van der Waals surface area contributed by atoms with Crippen molar-refractivity contribution in [2.24, 2.45) is 0 Å². The SMILES string of the molecule is CC1=CC(C(/C#N)=C(\O)c2ccccc2)=C/C(=C/c2cc(C)c3ccc(=O)cc-3o2)O1. The third-order valence-electron chi connectivity index (χ3n) is 4.87. The lowest BCUT2D eigenvalue weighted by molar-refractivity contribution is 0.320. The number of aliphatic hydroxyl groups excluding tert-OH is 1. The highest BCUT2D eigenvalue weighted by molar-refractivity contribution is 5.74. The summed E-state index contributed by atoms with van der Waals surface area (Å²) < 4.78 is 11.7. The van der Waals surface area contributed by atoms with Crippen LogP contribution in [-0.2, 0) is 4.74 Å². The number of aliphatic hydroxyl groups is 1. The van der Waals surface area contributed by atoms with Gasteiger partial charge >= 0.3 is 0 Å². The Morgan fingerprint density at radius 2 is 1.84 bits per heavy atom. The van der Waals surface area contributed by atoms with Gasteiger partial charge in [0.2, 0.25) is 0 Å². The first-order valence-corrected chi connectivity index (χ1v) is 9.68. The third-order valence-corrected chi connectivity index (χ3v) is 4.87. The molecule has 0 bridgehead atoms. The number of nitrogens with zero attached hydrogens (tertiary/aromatic N) is 1. The number of ether oxygens (including phenoxy) is 1. The van der Waals surface area contributed by atoms with Crippen LogP contribution in [0.25, 0.3) is 23.2 Å². The summed E-state index contributed by atoms with van der Waals surface area (Å²) in [7, 11) is 0. The molecule has 152 valence electrons. The molecule has 0 spiro atoms. The van der Waals surface area contributed by atoms with Crippen molar-refractivity contribution < 1.29 is 14.3 Å². The minimum atomic E-state index is -0.129. The van der Waals surface area contributed by atoms with Gasteiger partial charge in [-0.3, -0.25) is 4.79 Å². The van der Waals surface area contributed by atoms with E-state index in [0.29, 0.717) is 34.2 Å². The van der Waals surface area contributed by atoms with E-state index < -0.39 is 0 Å². The van der Waals surface area contributed by atoms with E-state index in [1.54, 1.807) is 55.5 Å². The van der Waals surface area contributed by atoms with Gasteiger partial charge in [-0.05, 0) is 49.8 Å². The highest BCUT2D eigenvalue weighted by atomic mass is 16.5. The number of aryl methyl sites for hydroxylation is 1. The Bertz CT molecular complexity index is 1350. The molecule has 2 heterocycles. The fraction of sp³-hybridized carbons (Fsp3) is 0.0769. The minimum Gasteiger partial charge on any atom is -0.506 e. The Hall–Kier alpha value is -4.30. The van der Waals surface area contributed by atoms with Crippen molar-refractivity contribution in [3.05, 3.63) is 117 Å². The maximum absolute atomic E-state index is 11.7. The molecule has 2 aliphatic heterocycles. The van der Waals surface area contributed by atoms with E-state index in [-0.39, 0.29) is 16.8 Å². The number of allylic oxidation sites excluding steroid dienone is 5. The van der Waals surface area contributed by atoms with Gasteiger partial charge in [0, 0.05) is 28.8 Å². The predicted molar refractivity (Wildman–Crippen MR) is 119 cm³/mol. The predicted octanol–water partition coefficient (Wildman–Crippen LogP) is 5.75. The molecule has 0 atom stereocenters. The highest BCUT2D eigenvalue weighted by Crippen LogP contribution is 2.31. The molecule has 0 saturated carbocycles. The molecule has 0 fully saturated rings. The highest BCUT2D eigenvalue weighted by Gasteiger charge is 2.17. The molecule has 1 aliphatic carbocycles. The van der Waals surface area contributed by atoms with Crippen molar-refractivity contribution in [2.45, 2.75) is 13.8 Å². The van der Waals surface area contributed by atoms with Gasteiger partial charge in [0.15, 0.2) is 5.43 Å². The van der Waals surface area contributed by atoms with E-state index in [0.717, 1.165) is 11.1 Å². The van der Waals surface area contributed by atoms with E-state index in [2.05, 4.69) is 6.07 Å². The first kappa shape index (κ1) is 20.0. The molecule has 1 aromatic carbocycles. The van der Waals surface area contributed by atoms with Gasteiger partial charge in [0.1, 0.15) is 40.4 Å². The van der Waals surface area contributed by atoms with Gasteiger partial charge in [-0.1, -0.05) is 30.3 Å². The van der Waals surface area contributed by atoms with E-state index in [4.69, 9.17) is 9.15 Å². The molecule has 31 heavy (non-hydrogen) atoms. The monoisotopic (exact) mass is 409 g/mol. The molecular formula is C26H19NO4. The molecule has 3 aliphatic rings. The van der Waals surface area contributed by atoms with Crippen LogP contribution >= 0.6 is 0 Å². The smallest absolute Gasteiger partial charge is 0.182 e. The Morgan fingerprint density at radius 1 is 1.06 bits per heavy atom. The van der Waals surface area contributed by atoms with Crippen molar-refractivity contribution in [3.63, 3.8) is 0 Å². The second-order valence-corrected chi connectivity index (χ2v) is 7.19. The first-order valence-electron chi connectivity index (χ1n) is 9.68. The summed E-state index contributed by atoms with van der Waals surface area (Å²) in [6.07, 6.45) is 5.06. The summed E-state index contributed by atoms with van der Waals surface area (Å²) in [6.45, 7) is 3.70. The fourth-order valence-electron chi connectivity index (χ4n) is 3.44. The number of fused-ring (bicyclic) bond motifs is 1. The fourth-order valence-corrected chi connectivity index (χ4v) is 3.44. The maximum atomic E-state index is 11.7. The summed E-state index contributed by atoms with van der Waals surface area (Å²) in [5.74, 6) is 1.91. The molecule has 1 N–H and O–H groups in total. The summed E-state index contributed by atoms with van der Waals surface area (Å²) in [6, 6.07) is 17.5. The van der Waals surface area contributed by atoms with Gasteiger partial charge in [-0.2, -0.15) is 5.26 Å². The van der Waals surface area contributed by atoms with Crippen LogP contribution in [0, 0.1) is 18.3 Å². The molecule has 0 unspecified atom stereocenters. The van der Waals surface area contributed by atoms with Crippen molar-refractivity contribution in [1.29, 1.82) is 5.26 Å². The molecule has 0 amide bonds. The molecule has 1 aromatic rings. The third kappa shape index (κ3) is 4.19. The first-order chi connectivity index (χ1) is 14.9. The lowest BCUT2D eigenvalue weighted by atomic mass is 9.99. The lowest BCUT2D eigenvalue weighted by Crippen LogP contribution is -2.01. The number of benzene rings is 2. The van der Waals surface area contributed by atoms with Gasteiger partial charge in [0.05, 0.1) is 0 Å². The molecular weight excluding hydrogens is 390 g/mol. The number of nitriles is 1. The Labute approximate surface area is 179 Å². The number of hydrogen-bond acceptors (Lipinski definition) is 5. The van der Waals surface area contributed by atoms with Crippen LogP contribution in [0.15, 0.2) is 98.6 Å². The normalized spacial score (nSPS) is 15.6. The quantitative estimate of drug-likeness (QED) is 0.440. The molecule has 0 radical (unpaired) electrons. The summed E-state index contributed by atoms with van der Waals surface area (Å²) in [5.41, 5.74) is 2.91. The maximum Gasteiger partial charge on any atom is 0.182 e. The average Bonchev–Trinajstić information content (AvgIpc) is 2.74. The van der Waals surface area contributed by atoms with Crippen LogP contribution in [0.4, 0.5) is 0 Å². The summed E-state index contributed by atoms with van der Waals surface area (Å²) >= 11 is 0. The molecule has 0 saturated heterocycles. The van der Waals surface area contributed by atoms with Crippen LogP contribution in [0.5, 0.6) is 0 Å². The van der Waals surface area contributed by atoms with E-state index in [1.165, 1.54) is 12.1 Å². The average molecular weight is 409 g/mol. The molecule has 0 aromatic heterocycles. The Kier molecular flexibility index (Phi) is 5.30.